The van der Waals surface area contributed by atoms with Crippen LogP contribution in [0.4, 0.5) is 0 Å². The maximum atomic E-state index is 5.79. The third kappa shape index (κ3) is 3.34. The summed E-state index contributed by atoms with van der Waals surface area (Å²) in [6.07, 6.45) is 3.32. The highest BCUT2D eigenvalue weighted by atomic mass is 16.5. The van der Waals surface area contributed by atoms with Crippen LogP contribution in [0.3, 0.4) is 0 Å². The highest BCUT2D eigenvalue weighted by molar-refractivity contribution is 5.36. The fourth-order valence-corrected chi connectivity index (χ4v) is 2.59. The molecule has 0 amide bonds. The second-order valence-electron chi connectivity index (χ2n) is 5.13. The van der Waals surface area contributed by atoms with Gasteiger partial charge in [0, 0.05) is 17.8 Å². The van der Waals surface area contributed by atoms with Crippen LogP contribution >= 0.6 is 0 Å². The first kappa shape index (κ1) is 13.9. The maximum absolute atomic E-state index is 5.79. The van der Waals surface area contributed by atoms with Crippen molar-refractivity contribution in [1.29, 1.82) is 0 Å². The van der Waals surface area contributed by atoms with Crippen molar-refractivity contribution in [2.24, 2.45) is 5.73 Å². The molecular weight excluding hydrogens is 264 g/mol. The Balaban J connectivity index is 1.57. The van der Waals surface area contributed by atoms with Crippen molar-refractivity contribution in [3.63, 3.8) is 0 Å². The van der Waals surface area contributed by atoms with Crippen molar-refractivity contribution >= 4 is 0 Å². The zero-order valence-electron chi connectivity index (χ0n) is 12.0. The topological polar surface area (TPSA) is 57.4 Å². The van der Waals surface area contributed by atoms with Gasteiger partial charge in [-0.25, -0.2) is 4.98 Å². The minimum absolute atomic E-state index is 0.454. The Morgan fingerprint density at radius 2 is 1.86 bits per heavy atom. The van der Waals surface area contributed by atoms with Crippen LogP contribution in [-0.4, -0.2) is 18.2 Å². The Hall–Kier alpha value is -2.07. The molecule has 0 bridgehead atoms. The highest BCUT2D eigenvalue weighted by Crippen LogP contribution is 2.26. The van der Waals surface area contributed by atoms with Crippen LogP contribution in [0.15, 0.2) is 36.4 Å². The molecule has 1 aromatic carbocycles. The molecule has 1 heterocycles. The number of pyridine rings is 1. The lowest BCUT2D eigenvalue weighted by Gasteiger charge is -2.12. The van der Waals surface area contributed by atoms with Crippen LogP contribution in [0.1, 0.15) is 23.2 Å². The highest BCUT2D eigenvalue weighted by Gasteiger charge is 2.16. The van der Waals surface area contributed by atoms with Gasteiger partial charge in [-0.1, -0.05) is 18.2 Å². The fraction of sp³-hybridized carbons (Fsp3) is 0.353. The lowest BCUT2D eigenvalue weighted by Crippen LogP contribution is -2.12. The third-order valence-corrected chi connectivity index (χ3v) is 3.64. The molecule has 0 saturated heterocycles. The van der Waals surface area contributed by atoms with Crippen LogP contribution in [0.2, 0.25) is 0 Å². The minimum Gasteiger partial charge on any atom is -0.490 e. The van der Waals surface area contributed by atoms with Gasteiger partial charge in [0.1, 0.15) is 19.0 Å². The minimum atomic E-state index is 0.454. The predicted molar refractivity (Wildman–Crippen MR) is 81.6 cm³/mol. The monoisotopic (exact) mass is 284 g/mol. The second kappa shape index (κ2) is 6.59. The molecule has 3 rings (SSSR count). The van der Waals surface area contributed by atoms with Crippen LogP contribution in [0.25, 0.3) is 0 Å². The van der Waals surface area contributed by atoms with E-state index in [-0.39, 0.29) is 0 Å². The Kier molecular flexibility index (Phi) is 4.36. The maximum Gasteiger partial charge on any atom is 0.218 e. The molecule has 110 valence electrons. The van der Waals surface area contributed by atoms with Gasteiger partial charge in [0.15, 0.2) is 0 Å². The van der Waals surface area contributed by atoms with Gasteiger partial charge in [0.2, 0.25) is 5.88 Å². The van der Waals surface area contributed by atoms with Crippen LogP contribution in [0, 0.1) is 0 Å². The summed E-state index contributed by atoms with van der Waals surface area (Å²) in [4.78, 5) is 4.61. The lowest BCUT2D eigenvalue weighted by molar-refractivity contribution is 0.210. The summed E-state index contributed by atoms with van der Waals surface area (Å²) in [5, 5.41) is 0. The Morgan fingerprint density at radius 1 is 1.05 bits per heavy atom. The number of hydrogen-bond donors (Lipinski definition) is 1. The van der Waals surface area contributed by atoms with Gasteiger partial charge in [-0.2, -0.15) is 0 Å². The van der Waals surface area contributed by atoms with E-state index in [1.807, 2.05) is 30.3 Å². The summed E-state index contributed by atoms with van der Waals surface area (Å²) in [7, 11) is 0. The Labute approximate surface area is 124 Å². The summed E-state index contributed by atoms with van der Waals surface area (Å²) in [6, 6.07) is 11.9. The number of fused-ring (bicyclic) bond motifs is 1. The van der Waals surface area contributed by atoms with E-state index in [1.54, 1.807) is 0 Å². The molecule has 1 aliphatic rings. The molecular formula is C17H20N2O2. The van der Waals surface area contributed by atoms with E-state index in [9.17, 15) is 0 Å². The van der Waals surface area contributed by atoms with Crippen LogP contribution in [0.5, 0.6) is 11.6 Å². The first-order valence-corrected chi connectivity index (χ1v) is 7.39. The molecule has 1 aliphatic carbocycles. The van der Waals surface area contributed by atoms with Gasteiger partial charge in [-0.05, 0) is 43.0 Å². The molecule has 21 heavy (non-hydrogen) atoms. The summed E-state index contributed by atoms with van der Waals surface area (Å²) >= 11 is 0. The second-order valence-corrected chi connectivity index (χ2v) is 5.13. The number of ether oxygens (including phenoxy) is 2. The summed E-state index contributed by atoms with van der Waals surface area (Å²) in [5.74, 6) is 1.51. The number of nitrogens with two attached hydrogens (primary N) is 1. The number of aryl methyl sites for hydroxylation is 2. The molecule has 0 aliphatic heterocycles. The molecule has 2 aromatic rings. The molecule has 0 fully saturated rings. The number of nitrogens with zero attached hydrogens (tertiary/aromatic N) is 1. The normalized spacial score (nSPS) is 13.0. The zero-order valence-corrected chi connectivity index (χ0v) is 12.0. The standard InChI is InChI=1S/C17H20N2O2/c18-12-14-11-13-5-4-8-16(13)19-17(14)21-10-9-20-15-6-2-1-3-7-15/h1-3,6-7,11H,4-5,8-10,12,18H2. The molecule has 2 N–H and O–H groups in total. The predicted octanol–water partition coefficient (Wildman–Crippen LogP) is 2.49. The van der Waals surface area contributed by atoms with Crippen molar-refractivity contribution in [1.82, 2.24) is 4.98 Å². The SMILES string of the molecule is NCc1cc2c(nc1OCCOc1ccccc1)CCC2. The molecule has 0 spiro atoms. The van der Waals surface area contributed by atoms with Gasteiger partial charge in [-0.15, -0.1) is 0 Å². The van der Waals surface area contributed by atoms with E-state index in [4.69, 9.17) is 15.2 Å². The van der Waals surface area contributed by atoms with Crippen molar-refractivity contribution in [2.45, 2.75) is 25.8 Å². The van der Waals surface area contributed by atoms with Gasteiger partial charge in [0.25, 0.3) is 0 Å². The molecule has 4 heteroatoms. The average molecular weight is 284 g/mol. The Bertz CT molecular complexity index is 599. The van der Waals surface area contributed by atoms with E-state index in [1.165, 1.54) is 12.0 Å². The van der Waals surface area contributed by atoms with Gasteiger partial charge >= 0.3 is 0 Å². The molecule has 0 saturated carbocycles. The van der Waals surface area contributed by atoms with Crippen LogP contribution in [-0.2, 0) is 19.4 Å². The molecule has 0 radical (unpaired) electrons. The van der Waals surface area contributed by atoms with E-state index < -0.39 is 0 Å². The summed E-state index contributed by atoms with van der Waals surface area (Å²) in [6.45, 7) is 1.41. The average Bonchev–Trinajstić information content (AvgIpc) is 2.99. The van der Waals surface area contributed by atoms with E-state index in [0.717, 1.165) is 29.8 Å². The first-order valence-electron chi connectivity index (χ1n) is 7.39. The molecule has 0 unspecified atom stereocenters. The Morgan fingerprint density at radius 3 is 2.67 bits per heavy atom. The quantitative estimate of drug-likeness (QED) is 0.828. The number of aromatic nitrogens is 1. The lowest BCUT2D eigenvalue weighted by atomic mass is 10.1. The van der Waals surface area contributed by atoms with E-state index in [2.05, 4.69) is 11.1 Å². The van der Waals surface area contributed by atoms with Crippen molar-refractivity contribution in [3.05, 3.63) is 53.2 Å². The number of benzene rings is 1. The number of para-hydroxylation sites is 1. The third-order valence-electron chi connectivity index (χ3n) is 3.64. The summed E-state index contributed by atoms with van der Waals surface area (Å²) < 4.78 is 11.4. The molecule has 4 nitrogen and oxygen atoms in total. The van der Waals surface area contributed by atoms with Crippen LogP contribution < -0.4 is 15.2 Å². The fourth-order valence-electron chi connectivity index (χ4n) is 2.59. The number of rotatable bonds is 6. The van der Waals surface area contributed by atoms with Gasteiger partial charge in [-0.3, -0.25) is 0 Å². The smallest absolute Gasteiger partial charge is 0.218 e. The number of hydrogen-bond acceptors (Lipinski definition) is 4. The molecule has 1 aromatic heterocycles. The van der Waals surface area contributed by atoms with E-state index >= 15 is 0 Å². The van der Waals surface area contributed by atoms with Crippen molar-refractivity contribution < 1.29 is 9.47 Å². The van der Waals surface area contributed by atoms with Crippen molar-refractivity contribution in [3.8, 4) is 11.6 Å². The largest absolute Gasteiger partial charge is 0.490 e. The van der Waals surface area contributed by atoms with Gasteiger partial charge < -0.3 is 15.2 Å². The summed E-state index contributed by atoms with van der Waals surface area (Å²) in [5.41, 5.74) is 9.25. The van der Waals surface area contributed by atoms with E-state index in [0.29, 0.717) is 25.6 Å². The first-order chi connectivity index (χ1) is 10.4. The molecule has 0 atom stereocenters. The van der Waals surface area contributed by atoms with Crippen molar-refractivity contribution in [2.75, 3.05) is 13.2 Å². The zero-order chi connectivity index (χ0) is 14.5. The van der Waals surface area contributed by atoms with Gasteiger partial charge in [0.05, 0.1) is 0 Å².